The number of fused-ring (bicyclic) bond motifs is 2. The number of piperidine rings is 1. The Hall–Kier alpha value is -0.450. The lowest BCUT2D eigenvalue weighted by atomic mass is 9.78. The fraction of sp³-hybridized carbons (Fsp3) is 0.786. The molecule has 2 fully saturated rings. The number of likely N-dealkylation sites (tertiary alicyclic amines) is 1. The van der Waals surface area contributed by atoms with Crippen molar-refractivity contribution in [1.82, 2.24) is 9.88 Å². The van der Waals surface area contributed by atoms with Crippen molar-refractivity contribution >= 4 is 11.3 Å². The van der Waals surface area contributed by atoms with E-state index in [-0.39, 0.29) is 6.10 Å². The van der Waals surface area contributed by atoms with Crippen LogP contribution in [0.4, 0.5) is 0 Å². The maximum absolute atomic E-state index is 10.2. The van der Waals surface area contributed by atoms with Gasteiger partial charge in [0.1, 0.15) is 0 Å². The molecule has 2 aliphatic rings. The lowest BCUT2D eigenvalue weighted by molar-refractivity contribution is -0.0307. The summed E-state index contributed by atoms with van der Waals surface area (Å²) in [5.74, 6) is 0.863. The molecule has 0 aromatic carbocycles. The first-order valence-electron chi connectivity index (χ1n) is 7.12. The monoisotopic (exact) mass is 266 g/mol. The summed E-state index contributed by atoms with van der Waals surface area (Å²) in [6.45, 7) is 4.27. The van der Waals surface area contributed by atoms with Crippen LogP contribution in [0, 0.1) is 5.92 Å². The van der Waals surface area contributed by atoms with Crippen molar-refractivity contribution in [2.75, 3.05) is 6.54 Å². The van der Waals surface area contributed by atoms with Gasteiger partial charge in [-0.1, -0.05) is 6.92 Å². The Morgan fingerprint density at radius 3 is 3.11 bits per heavy atom. The number of aliphatic hydroxyl groups is 1. The van der Waals surface area contributed by atoms with E-state index in [1.54, 1.807) is 0 Å². The molecule has 1 aliphatic carbocycles. The highest BCUT2D eigenvalue weighted by atomic mass is 32.1. The first kappa shape index (κ1) is 12.6. The normalized spacial score (nSPS) is 32.7. The molecule has 4 heteroatoms. The third-order valence-electron chi connectivity index (χ3n) is 4.45. The second-order valence-electron chi connectivity index (χ2n) is 5.65. The van der Waals surface area contributed by atoms with Crippen LogP contribution < -0.4 is 0 Å². The van der Waals surface area contributed by atoms with Gasteiger partial charge in [-0.05, 0) is 44.6 Å². The lowest BCUT2D eigenvalue weighted by Gasteiger charge is -2.45. The van der Waals surface area contributed by atoms with Crippen molar-refractivity contribution in [3.05, 3.63) is 16.1 Å². The predicted octanol–water partition coefficient (Wildman–Crippen LogP) is 2.44. The second kappa shape index (κ2) is 5.27. The Morgan fingerprint density at radius 2 is 2.33 bits per heavy atom. The maximum atomic E-state index is 10.2. The average molecular weight is 266 g/mol. The fourth-order valence-electron chi connectivity index (χ4n) is 3.37. The summed E-state index contributed by atoms with van der Waals surface area (Å²) in [7, 11) is 0. The summed E-state index contributed by atoms with van der Waals surface area (Å²) in [5, 5.41) is 11.4. The molecule has 1 aromatic rings. The number of aryl methyl sites for hydroxylation is 1. The topological polar surface area (TPSA) is 36.4 Å². The summed E-state index contributed by atoms with van der Waals surface area (Å²) in [6, 6.07) is 0.393. The van der Waals surface area contributed by atoms with Crippen molar-refractivity contribution in [2.45, 2.75) is 57.7 Å². The highest BCUT2D eigenvalue weighted by Gasteiger charge is 2.37. The molecule has 0 radical (unpaired) electrons. The molecule has 1 aliphatic heterocycles. The van der Waals surface area contributed by atoms with Gasteiger partial charge >= 0.3 is 0 Å². The number of nitrogens with zero attached hydrogens (tertiary/aromatic N) is 2. The van der Waals surface area contributed by atoms with Crippen LogP contribution in [0.1, 0.15) is 42.5 Å². The molecule has 0 amide bonds. The summed E-state index contributed by atoms with van der Waals surface area (Å²) in [4.78, 5) is 8.26. The smallest absolute Gasteiger partial charge is 0.0925 e. The zero-order valence-electron chi connectivity index (χ0n) is 11.0. The number of hydrogen-bond acceptors (Lipinski definition) is 4. The largest absolute Gasteiger partial charge is 0.391 e. The van der Waals surface area contributed by atoms with E-state index in [0.29, 0.717) is 6.04 Å². The first-order chi connectivity index (χ1) is 8.76. The van der Waals surface area contributed by atoms with Crippen LogP contribution in [0.5, 0.6) is 0 Å². The molecule has 1 aromatic heterocycles. The third kappa shape index (κ3) is 2.46. The van der Waals surface area contributed by atoms with E-state index < -0.39 is 0 Å². The molecule has 2 heterocycles. The number of rotatable bonds is 3. The Kier molecular flexibility index (Phi) is 3.68. The van der Waals surface area contributed by atoms with E-state index in [2.05, 4.69) is 16.8 Å². The van der Waals surface area contributed by atoms with Gasteiger partial charge in [0.15, 0.2) is 0 Å². The molecule has 3 nitrogen and oxygen atoms in total. The van der Waals surface area contributed by atoms with Gasteiger partial charge in [0.05, 0.1) is 11.1 Å². The van der Waals surface area contributed by atoms with Crippen LogP contribution >= 0.6 is 11.3 Å². The number of aromatic nitrogens is 1. The Balaban J connectivity index is 1.68. The zero-order chi connectivity index (χ0) is 12.5. The first-order valence-corrected chi connectivity index (χ1v) is 7.93. The molecule has 100 valence electrons. The molecule has 1 N–H and O–H groups in total. The summed E-state index contributed by atoms with van der Waals surface area (Å²) in [6.07, 6.45) is 7.66. The lowest BCUT2D eigenvalue weighted by Crippen LogP contribution is -2.51. The summed E-state index contributed by atoms with van der Waals surface area (Å²) >= 11 is 1.82. The van der Waals surface area contributed by atoms with E-state index >= 15 is 0 Å². The predicted molar refractivity (Wildman–Crippen MR) is 73.7 cm³/mol. The molecule has 2 bridgehead atoms. The minimum absolute atomic E-state index is 0.111. The van der Waals surface area contributed by atoms with E-state index in [1.807, 2.05) is 17.5 Å². The van der Waals surface area contributed by atoms with Crippen LogP contribution in [0.25, 0.3) is 0 Å². The van der Waals surface area contributed by atoms with Crippen molar-refractivity contribution in [1.29, 1.82) is 0 Å². The zero-order valence-corrected chi connectivity index (χ0v) is 11.8. The van der Waals surface area contributed by atoms with Crippen LogP contribution in [-0.4, -0.2) is 33.7 Å². The molecule has 3 rings (SSSR count). The Labute approximate surface area is 113 Å². The molecule has 3 atom stereocenters. The number of hydrogen-bond donors (Lipinski definition) is 1. The second-order valence-corrected chi connectivity index (χ2v) is 6.85. The van der Waals surface area contributed by atoms with Gasteiger partial charge in [-0.15, -0.1) is 11.3 Å². The highest BCUT2D eigenvalue weighted by molar-refractivity contribution is 7.11. The molecular weight excluding hydrogens is 244 g/mol. The van der Waals surface area contributed by atoms with Gasteiger partial charge in [-0.3, -0.25) is 4.90 Å². The van der Waals surface area contributed by atoms with Crippen molar-refractivity contribution in [2.24, 2.45) is 5.92 Å². The van der Waals surface area contributed by atoms with Crippen LogP contribution in [-0.2, 0) is 13.0 Å². The average Bonchev–Trinajstić information content (AvgIpc) is 2.84. The summed E-state index contributed by atoms with van der Waals surface area (Å²) < 4.78 is 0. The van der Waals surface area contributed by atoms with E-state index in [1.165, 1.54) is 29.1 Å². The quantitative estimate of drug-likeness (QED) is 0.913. The Morgan fingerprint density at radius 1 is 1.44 bits per heavy atom. The number of aliphatic hydroxyl groups excluding tert-OH is 1. The van der Waals surface area contributed by atoms with Gasteiger partial charge < -0.3 is 5.11 Å². The number of thiazole rings is 1. The maximum Gasteiger partial charge on any atom is 0.0925 e. The van der Waals surface area contributed by atoms with E-state index in [4.69, 9.17) is 0 Å². The summed E-state index contributed by atoms with van der Waals surface area (Å²) in [5.41, 5.74) is 0. The molecule has 1 saturated heterocycles. The third-order valence-corrected chi connectivity index (χ3v) is 5.57. The van der Waals surface area contributed by atoms with Gasteiger partial charge in [-0.25, -0.2) is 4.98 Å². The van der Waals surface area contributed by atoms with Gasteiger partial charge in [0, 0.05) is 23.7 Å². The van der Waals surface area contributed by atoms with Crippen molar-refractivity contribution in [3.63, 3.8) is 0 Å². The highest BCUT2D eigenvalue weighted by Crippen LogP contribution is 2.35. The standard InChI is InChI=1S/C14H22N2OS/c1-2-14-15-8-11(18-14)9-16-6-5-10-3-4-13(17)12(16)7-10/h8,10,12-13,17H,2-7,9H2,1H3. The van der Waals surface area contributed by atoms with Crippen LogP contribution in [0.15, 0.2) is 6.20 Å². The minimum atomic E-state index is -0.111. The molecule has 18 heavy (non-hydrogen) atoms. The molecular formula is C14H22N2OS. The van der Waals surface area contributed by atoms with Crippen molar-refractivity contribution < 1.29 is 5.11 Å². The van der Waals surface area contributed by atoms with E-state index in [9.17, 15) is 5.11 Å². The van der Waals surface area contributed by atoms with Gasteiger partial charge in [0.25, 0.3) is 0 Å². The van der Waals surface area contributed by atoms with Crippen LogP contribution in [0.2, 0.25) is 0 Å². The van der Waals surface area contributed by atoms with Gasteiger partial charge in [-0.2, -0.15) is 0 Å². The van der Waals surface area contributed by atoms with Gasteiger partial charge in [0.2, 0.25) is 0 Å². The Bertz CT molecular complexity index is 406. The minimum Gasteiger partial charge on any atom is -0.391 e. The van der Waals surface area contributed by atoms with Crippen LogP contribution in [0.3, 0.4) is 0 Å². The SMILES string of the molecule is CCc1ncc(CN2CCC3CCC(O)C2C3)s1. The molecule has 3 unspecified atom stereocenters. The van der Waals surface area contributed by atoms with Crippen molar-refractivity contribution in [3.8, 4) is 0 Å². The molecule has 0 spiro atoms. The van der Waals surface area contributed by atoms with E-state index in [0.717, 1.165) is 31.8 Å². The molecule has 1 saturated carbocycles. The fourth-order valence-corrected chi connectivity index (χ4v) is 4.25.